The maximum atomic E-state index is 4.76. The number of aromatic nitrogens is 2. The molecular weight excluding hydrogens is 517 g/mol. The maximum absolute atomic E-state index is 4.76. The fraction of sp³-hybridized carbons (Fsp3) is 0.389. The normalized spacial score (nSPS) is 12.9. The van der Waals surface area contributed by atoms with Crippen molar-refractivity contribution in [2.75, 3.05) is 0 Å². The van der Waals surface area contributed by atoms with Gasteiger partial charge in [-0.05, 0) is 81.5 Å². The molecule has 2 aromatic carbocycles. The van der Waals surface area contributed by atoms with Gasteiger partial charge in [0.05, 0.1) is 27.5 Å². The highest BCUT2D eigenvalue weighted by molar-refractivity contribution is 6.77. The van der Waals surface area contributed by atoms with E-state index in [-0.39, 0.29) is 10.8 Å². The lowest BCUT2D eigenvalue weighted by Gasteiger charge is -2.34. The van der Waals surface area contributed by atoms with E-state index in [1.165, 1.54) is 34.3 Å². The summed E-state index contributed by atoms with van der Waals surface area (Å²) in [4.78, 5) is 9.53. The van der Waals surface area contributed by atoms with Gasteiger partial charge < -0.3 is 0 Å². The molecule has 0 amide bonds. The van der Waals surface area contributed by atoms with Crippen molar-refractivity contribution in [1.82, 2.24) is 9.97 Å². The lowest BCUT2D eigenvalue weighted by Crippen LogP contribution is -2.37. The molecule has 0 unspecified atom stereocenters. The van der Waals surface area contributed by atoms with Crippen molar-refractivity contribution in [2.45, 2.75) is 88.9 Å². The molecule has 0 saturated carbocycles. The third-order valence-electron chi connectivity index (χ3n) is 8.23. The highest BCUT2D eigenvalue weighted by atomic mass is 28.3. The maximum Gasteiger partial charge on any atom is 0.0888 e. The van der Waals surface area contributed by atoms with Crippen LogP contribution in [0, 0.1) is 0 Å². The topological polar surface area (TPSA) is 25.8 Å². The minimum Gasteiger partial charge on any atom is -0.255 e. The average Bonchev–Trinajstić information content (AvgIpc) is 2.88. The van der Waals surface area contributed by atoms with Gasteiger partial charge in [-0.2, -0.15) is 0 Å². The standard InChI is InChI=1S/C36H48N2Si2/c1-35(2,31-15-11-9-12-16-31)27-39(5,6)25-29-19-21-37-33(23-29)34-24-30(20-22-38-34)26-40(7,8)28-36(3,4)32-17-13-10-14-18-32/h9-24H,25-28H2,1-8H3. The molecule has 0 spiro atoms. The van der Waals surface area contributed by atoms with Crippen molar-refractivity contribution in [2.24, 2.45) is 0 Å². The number of hydrogen-bond acceptors (Lipinski definition) is 2. The van der Waals surface area contributed by atoms with Crippen LogP contribution in [0.15, 0.2) is 97.3 Å². The molecule has 4 aromatic rings. The molecule has 0 aliphatic rings. The quantitative estimate of drug-likeness (QED) is 0.169. The van der Waals surface area contributed by atoms with Crippen LogP contribution < -0.4 is 0 Å². The molecule has 4 rings (SSSR count). The molecule has 4 heteroatoms. The third-order valence-corrected chi connectivity index (χ3v) is 14.6. The first-order valence-electron chi connectivity index (χ1n) is 14.8. The molecule has 2 nitrogen and oxygen atoms in total. The minimum atomic E-state index is -1.52. The molecule has 210 valence electrons. The van der Waals surface area contributed by atoms with Crippen LogP contribution in [-0.2, 0) is 22.9 Å². The molecule has 0 radical (unpaired) electrons. The van der Waals surface area contributed by atoms with E-state index >= 15 is 0 Å². The molecule has 0 atom stereocenters. The average molecular weight is 565 g/mol. The van der Waals surface area contributed by atoms with Crippen LogP contribution in [0.25, 0.3) is 11.4 Å². The molecule has 0 saturated heterocycles. The van der Waals surface area contributed by atoms with Crippen molar-refractivity contribution in [3.8, 4) is 11.4 Å². The van der Waals surface area contributed by atoms with E-state index in [1.807, 2.05) is 12.4 Å². The zero-order valence-electron chi connectivity index (χ0n) is 26.0. The lowest BCUT2D eigenvalue weighted by molar-refractivity contribution is 0.577. The first-order chi connectivity index (χ1) is 18.7. The fourth-order valence-corrected chi connectivity index (χ4v) is 15.1. The molecule has 0 bridgehead atoms. The van der Waals surface area contributed by atoms with Crippen molar-refractivity contribution < 1.29 is 0 Å². The van der Waals surface area contributed by atoms with Crippen LogP contribution in [0.5, 0.6) is 0 Å². The Hall–Kier alpha value is -2.83. The van der Waals surface area contributed by atoms with Crippen LogP contribution in [0.1, 0.15) is 49.9 Å². The van der Waals surface area contributed by atoms with E-state index in [2.05, 4.69) is 139 Å². The molecule has 0 N–H and O–H groups in total. The zero-order chi connectivity index (χ0) is 29.0. The summed E-state index contributed by atoms with van der Waals surface area (Å²) in [6, 6.07) is 35.8. The van der Waals surface area contributed by atoms with Gasteiger partial charge in [-0.15, -0.1) is 0 Å². The van der Waals surface area contributed by atoms with Gasteiger partial charge in [0.25, 0.3) is 0 Å². The van der Waals surface area contributed by atoms with Gasteiger partial charge in [-0.25, -0.2) is 0 Å². The van der Waals surface area contributed by atoms with Gasteiger partial charge in [0, 0.05) is 12.4 Å². The second-order valence-corrected chi connectivity index (χ2v) is 24.7. The summed E-state index contributed by atoms with van der Waals surface area (Å²) in [6.45, 7) is 19.7. The summed E-state index contributed by atoms with van der Waals surface area (Å²) >= 11 is 0. The van der Waals surface area contributed by atoms with Gasteiger partial charge in [0.2, 0.25) is 0 Å². The van der Waals surface area contributed by atoms with Gasteiger partial charge >= 0.3 is 0 Å². The van der Waals surface area contributed by atoms with Gasteiger partial charge in [0.15, 0.2) is 0 Å². The van der Waals surface area contributed by atoms with Crippen molar-refractivity contribution >= 4 is 16.1 Å². The molecular formula is C36H48N2Si2. The number of rotatable bonds is 11. The molecule has 40 heavy (non-hydrogen) atoms. The SMILES string of the molecule is CC(C)(C[Si](C)(C)Cc1ccnc(-c2cc(C[Si](C)(C)CC(C)(C)c3ccccc3)ccn2)c1)c1ccccc1. The smallest absolute Gasteiger partial charge is 0.0888 e. The summed E-state index contributed by atoms with van der Waals surface area (Å²) in [7, 11) is -3.04. The largest absolute Gasteiger partial charge is 0.255 e. The Labute approximate surface area is 245 Å². The Balaban J connectivity index is 1.47. The summed E-state index contributed by atoms with van der Waals surface area (Å²) in [5, 5.41) is 0. The zero-order valence-corrected chi connectivity index (χ0v) is 28.0. The first-order valence-corrected chi connectivity index (χ1v) is 21.6. The second kappa shape index (κ2) is 12.0. The van der Waals surface area contributed by atoms with Gasteiger partial charge in [0.1, 0.15) is 0 Å². The molecule has 0 aliphatic carbocycles. The predicted molar refractivity (Wildman–Crippen MR) is 178 cm³/mol. The second-order valence-electron chi connectivity index (χ2n) is 14.6. The fourth-order valence-electron chi connectivity index (χ4n) is 7.05. The van der Waals surface area contributed by atoms with E-state index < -0.39 is 16.1 Å². The Morgan fingerprint density at radius 1 is 0.525 bits per heavy atom. The Morgan fingerprint density at radius 2 is 0.875 bits per heavy atom. The summed E-state index contributed by atoms with van der Waals surface area (Å²) in [6.07, 6.45) is 3.96. The van der Waals surface area contributed by atoms with Crippen LogP contribution in [-0.4, -0.2) is 26.1 Å². The summed E-state index contributed by atoms with van der Waals surface area (Å²) < 4.78 is 0. The van der Waals surface area contributed by atoms with Gasteiger partial charge in [-0.1, -0.05) is 115 Å². The van der Waals surface area contributed by atoms with E-state index in [9.17, 15) is 0 Å². The predicted octanol–water partition coefficient (Wildman–Crippen LogP) is 9.68. The van der Waals surface area contributed by atoms with Crippen molar-refractivity contribution in [3.05, 3.63) is 120 Å². The Morgan fingerprint density at radius 3 is 1.23 bits per heavy atom. The monoisotopic (exact) mass is 564 g/mol. The van der Waals surface area contributed by atoms with Crippen molar-refractivity contribution in [1.29, 1.82) is 0 Å². The van der Waals surface area contributed by atoms with E-state index in [0.717, 1.165) is 23.5 Å². The van der Waals surface area contributed by atoms with E-state index in [1.54, 1.807) is 0 Å². The first kappa shape index (κ1) is 30.1. The number of hydrogen-bond donors (Lipinski definition) is 0. The van der Waals surface area contributed by atoms with Crippen LogP contribution in [0.3, 0.4) is 0 Å². The minimum absolute atomic E-state index is 0.175. The van der Waals surface area contributed by atoms with E-state index in [4.69, 9.17) is 9.97 Å². The number of nitrogens with zero attached hydrogens (tertiary/aromatic N) is 2. The third kappa shape index (κ3) is 8.11. The Bertz CT molecular complexity index is 1280. The highest BCUT2D eigenvalue weighted by Gasteiger charge is 2.33. The molecule has 0 aliphatic heterocycles. The number of pyridine rings is 2. The van der Waals surface area contributed by atoms with Crippen molar-refractivity contribution in [3.63, 3.8) is 0 Å². The molecule has 2 heterocycles. The highest BCUT2D eigenvalue weighted by Crippen LogP contribution is 2.36. The summed E-state index contributed by atoms with van der Waals surface area (Å²) in [5.74, 6) is 0. The number of benzene rings is 2. The summed E-state index contributed by atoms with van der Waals surface area (Å²) in [5.41, 5.74) is 7.99. The van der Waals surface area contributed by atoms with Crippen LogP contribution in [0.2, 0.25) is 38.3 Å². The van der Waals surface area contributed by atoms with E-state index in [0.29, 0.717) is 0 Å². The molecule has 0 fully saturated rings. The Kier molecular flexibility index (Phi) is 9.01. The van der Waals surface area contributed by atoms with Gasteiger partial charge in [-0.3, -0.25) is 9.97 Å². The lowest BCUT2D eigenvalue weighted by atomic mass is 9.87. The molecule has 2 aromatic heterocycles. The van der Waals surface area contributed by atoms with Crippen LogP contribution >= 0.6 is 0 Å². The van der Waals surface area contributed by atoms with Crippen LogP contribution in [0.4, 0.5) is 0 Å².